The number of carbonyl (C=O) groups excluding carboxylic acids is 1. The van der Waals surface area contributed by atoms with Crippen LogP contribution in [0.1, 0.15) is 35.2 Å². The highest BCUT2D eigenvalue weighted by Gasteiger charge is 2.20. The summed E-state index contributed by atoms with van der Waals surface area (Å²) in [7, 11) is 0. The van der Waals surface area contributed by atoms with Crippen LogP contribution in [0.5, 0.6) is 0 Å². The van der Waals surface area contributed by atoms with E-state index in [0.29, 0.717) is 12.2 Å². The van der Waals surface area contributed by atoms with Crippen LogP contribution in [0.3, 0.4) is 0 Å². The Bertz CT molecular complexity index is 1050. The van der Waals surface area contributed by atoms with Gasteiger partial charge in [0, 0.05) is 13.0 Å². The number of amides is 1. The van der Waals surface area contributed by atoms with Crippen molar-refractivity contribution >= 4 is 17.3 Å². The van der Waals surface area contributed by atoms with E-state index in [9.17, 15) is 18.0 Å². The van der Waals surface area contributed by atoms with Crippen molar-refractivity contribution < 1.29 is 37.4 Å². The van der Waals surface area contributed by atoms with Gasteiger partial charge in [-0.05, 0) is 49.1 Å². The molecule has 0 radical (unpaired) electrons. The minimum atomic E-state index is -1.36. The van der Waals surface area contributed by atoms with E-state index in [2.05, 4.69) is 17.2 Å². The zero-order valence-corrected chi connectivity index (χ0v) is 18.3. The van der Waals surface area contributed by atoms with Crippen LogP contribution in [0.25, 0.3) is 0 Å². The molecule has 1 amide bonds. The predicted molar refractivity (Wildman–Crippen MR) is 118 cm³/mol. The average molecular weight is 478 g/mol. The third kappa shape index (κ3) is 7.20. The van der Waals surface area contributed by atoms with Crippen molar-refractivity contribution in [1.29, 1.82) is 0 Å². The minimum Gasteiger partial charge on any atom is -0.394 e. The fourth-order valence-corrected chi connectivity index (χ4v) is 3.18. The Morgan fingerprint density at radius 3 is 2.74 bits per heavy atom. The van der Waals surface area contributed by atoms with Crippen LogP contribution in [0.2, 0.25) is 0 Å². The number of aliphatic hydroxyl groups excluding tert-OH is 1. The maximum Gasteiger partial charge on any atom is 0.277 e. The summed E-state index contributed by atoms with van der Waals surface area (Å²) >= 11 is 0. The van der Waals surface area contributed by atoms with E-state index < -0.39 is 29.0 Å². The van der Waals surface area contributed by atoms with Gasteiger partial charge in [-0.15, -0.1) is 0 Å². The SMILES string of the molecule is O=C(NOCCO)c1ccc(F)c(F)c1Nc1ccc(CC#CCOC2CCCCO2)cc1F. The number of hydrogen-bond acceptors (Lipinski definition) is 6. The van der Waals surface area contributed by atoms with Gasteiger partial charge in [-0.1, -0.05) is 17.9 Å². The molecule has 0 aliphatic carbocycles. The van der Waals surface area contributed by atoms with Crippen LogP contribution in [0, 0.1) is 29.3 Å². The molecule has 182 valence electrons. The topological polar surface area (TPSA) is 89.1 Å². The highest BCUT2D eigenvalue weighted by atomic mass is 19.2. The summed E-state index contributed by atoms with van der Waals surface area (Å²) in [5, 5.41) is 11.1. The summed E-state index contributed by atoms with van der Waals surface area (Å²) in [5.74, 6) is 1.53. The molecule has 1 fully saturated rings. The Kier molecular flexibility index (Phi) is 9.73. The maximum atomic E-state index is 14.6. The Labute approximate surface area is 195 Å². The molecule has 1 aliphatic rings. The molecule has 1 unspecified atom stereocenters. The summed E-state index contributed by atoms with van der Waals surface area (Å²) < 4.78 is 53.8. The van der Waals surface area contributed by atoms with E-state index in [1.807, 2.05) is 5.48 Å². The largest absolute Gasteiger partial charge is 0.394 e. The lowest BCUT2D eigenvalue weighted by molar-refractivity contribution is -0.154. The van der Waals surface area contributed by atoms with Crippen LogP contribution in [-0.2, 0) is 20.7 Å². The number of hydroxylamine groups is 1. The zero-order chi connectivity index (χ0) is 24.3. The number of ether oxygens (including phenoxy) is 2. The second kappa shape index (κ2) is 13.0. The van der Waals surface area contributed by atoms with Gasteiger partial charge >= 0.3 is 0 Å². The molecule has 0 saturated carbocycles. The highest BCUT2D eigenvalue weighted by molar-refractivity contribution is 6.00. The van der Waals surface area contributed by atoms with E-state index in [4.69, 9.17) is 19.4 Å². The lowest BCUT2D eigenvalue weighted by Crippen LogP contribution is -2.26. The van der Waals surface area contributed by atoms with E-state index in [0.717, 1.165) is 31.4 Å². The molecule has 2 aromatic rings. The van der Waals surface area contributed by atoms with Crippen LogP contribution in [0.15, 0.2) is 30.3 Å². The molecule has 1 heterocycles. The molecule has 10 heteroatoms. The van der Waals surface area contributed by atoms with Gasteiger partial charge in [0.2, 0.25) is 0 Å². The number of anilines is 2. The molecular formula is C24H25F3N2O5. The number of nitrogens with one attached hydrogen (secondary N) is 2. The first-order valence-electron chi connectivity index (χ1n) is 10.7. The molecule has 1 atom stereocenters. The molecule has 3 rings (SSSR count). The van der Waals surface area contributed by atoms with Crippen molar-refractivity contribution in [3.63, 3.8) is 0 Å². The van der Waals surface area contributed by atoms with Gasteiger partial charge < -0.3 is 19.9 Å². The van der Waals surface area contributed by atoms with Crippen molar-refractivity contribution in [3.8, 4) is 11.8 Å². The van der Waals surface area contributed by atoms with Crippen molar-refractivity contribution in [1.82, 2.24) is 5.48 Å². The van der Waals surface area contributed by atoms with Crippen LogP contribution in [0.4, 0.5) is 24.5 Å². The predicted octanol–water partition coefficient (Wildman–Crippen LogP) is 3.59. The fraction of sp³-hybridized carbons (Fsp3) is 0.375. The van der Waals surface area contributed by atoms with Gasteiger partial charge in [0.1, 0.15) is 12.4 Å². The van der Waals surface area contributed by atoms with Crippen LogP contribution >= 0.6 is 0 Å². The van der Waals surface area contributed by atoms with E-state index in [-0.39, 0.29) is 43.8 Å². The van der Waals surface area contributed by atoms with E-state index in [1.165, 1.54) is 12.1 Å². The van der Waals surface area contributed by atoms with E-state index >= 15 is 0 Å². The third-order valence-electron chi connectivity index (χ3n) is 4.89. The van der Waals surface area contributed by atoms with Crippen molar-refractivity contribution in [2.75, 3.05) is 31.7 Å². The van der Waals surface area contributed by atoms with Crippen LogP contribution < -0.4 is 10.8 Å². The fourth-order valence-electron chi connectivity index (χ4n) is 3.18. The summed E-state index contributed by atoms with van der Waals surface area (Å²) in [6.07, 6.45) is 2.95. The van der Waals surface area contributed by atoms with Gasteiger partial charge in [-0.3, -0.25) is 9.63 Å². The first-order valence-corrected chi connectivity index (χ1v) is 10.7. The summed E-state index contributed by atoms with van der Waals surface area (Å²) in [5.41, 5.74) is 1.53. The first-order chi connectivity index (χ1) is 16.5. The normalized spacial score (nSPS) is 15.4. The average Bonchev–Trinajstić information content (AvgIpc) is 2.84. The van der Waals surface area contributed by atoms with Crippen LogP contribution in [-0.4, -0.2) is 43.7 Å². The Hall–Kier alpha value is -3.10. The van der Waals surface area contributed by atoms with Gasteiger partial charge in [-0.25, -0.2) is 18.7 Å². The quantitative estimate of drug-likeness (QED) is 0.290. The molecule has 3 N–H and O–H groups in total. The second-order valence-electron chi connectivity index (χ2n) is 7.36. The second-order valence-corrected chi connectivity index (χ2v) is 7.36. The lowest BCUT2D eigenvalue weighted by Gasteiger charge is -2.21. The van der Waals surface area contributed by atoms with Gasteiger partial charge in [-0.2, -0.15) is 0 Å². The third-order valence-corrected chi connectivity index (χ3v) is 4.89. The molecule has 0 aromatic heterocycles. The number of aliphatic hydroxyl groups is 1. The van der Waals surface area contributed by atoms with E-state index in [1.54, 1.807) is 6.07 Å². The lowest BCUT2D eigenvalue weighted by atomic mass is 10.1. The Balaban J connectivity index is 1.64. The van der Waals surface area contributed by atoms with Crippen molar-refractivity contribution in [2.24, 2.45) is 0 Å². The number of benzene rings is 2. The van der Waals surface area contributed by atoms with Crippen molar-refractivity contribution in [3.05, 3.63) is 58.9 Å². The maximum absolute atomic E-state index is 14.6. The molecular weight excluding hydrogens is 453 g/mol. The number of halogens is 3. The van der Waals surface area contributed by atoms with Gasteiger partial charge in [0.05, 0.1) is 30.2 Å². The Morgan fingerprint density at radius 2 is 2.00 bits per heavy atom. The standard InChI is InChI=1S/C24H25F3N2O5/c25-18-9-8-17(24(31)29-34-14-11-30)23(22(18)27)28-20-10-7-16(15-19(20)26)5-1-3-12-32-21-6-2-4-13-33-21/h7-10,15,21,28,30H,2,4-6,11-14H2,(H,29,31). The number of rotatable bonds is 9. The Morgan fingerprint density at radius 1 is 1.15 bits per heavy atom. The molecule has 1 aliphatic heterocycles. The highest BCUT2D eigenvalue weighted by Crippen LogP contribution is 2.28. The smallest absolute Gasteiger partial charge is 0.277 e. The summed E-state index contributed by atoms with van der Waals surface area (Å²) in [4.78, 5) is 16.9. The molecule has 2 aromatic carbocycles. The van der Waals surface area contributed by atoms with Gasteiger partial charge in [0.15, 0.2) is 17.9 Å². The van der Waals surface area contributed by atoms with Crippen molar-refractivity contribution in [2.45, 2.75) is 32.0 Å². The number of hydrogen-bond donors (Lipinski definition) is 3. The molecule has 0 spiro atoms. The molecule has 0 bridgehead atoms. The summed E-state index contributed by atoms with van der Waals surface area (Å²) in [6, 6.07) is 5.92. The zero-order valence-electron chi connectivity index (χ0n) is 18.3. The number of carbonyl (C=O) groups is 1. The van der Waals surface area contributed by atoms with Gasteiger partial charge in [0.25, 0.3) is 5.91 Å². The summed E-state index contributed by atoms with van der Waals surface area (Å²) in [6.45, 7) is 0.337. The molecule has 7 nitrogen and oxygen atoms in total. The monoisotopic (exact) mass is 478 g/mol. The first kappa shape index (κ1) is 25.5. The molecule has 34 heavy (non-hydrogen) atoms. The minimum absolute atomic E-state index is 0.163. The molecule has 1 saturated heterocycles.